The zero-order valence-electron chi connectivity index (χ0n) is 24.4. The summed E-state index contributed by atoms with van der Waals surface area (Å²) in [7, 11) is 0. The Morgan fingerprint density at radius 2 is 1.20 bits per heavy atom. The molecule has 1 aliphatic carbocycles. The van der Waals surface area contributed by atoms with Gasteiger partial charge in [-0.1, -0.05) is 107 Å². The minimum absolute atomic E-state index is 0.187. The van der Waals surface area contributed by atoms with Crippen LogP contribution in [0.5, 0.6) is 0 Å². The van der Waals surface area contributed by atoms with Crippen molar-refractivity contribution in [3.8, 4) is 11.1 Å². The largest absolute Gasteiger partial charge is 0.464 e. The summed E-state index contributed by atoms with van der Waals surface area (Å²) in [6, 6.07) is 16.6. The predicted molar refractivity (Wildman–Crippen MR) is 156 cm³/mol. The Morgan fingerprint density at radius 1 is 0.700 bits per heavy atom. The highest BCUT2D eigenvalue weighted by Gasteiger charge is 2.47. The van der Waals surface area contributed by atoms with Gasteiger partial charge >= 0.3 is 11.9 Å². The summed E-state index contributed by atoms with van der Waals surface area (Å²) in [5.41, 5.74) is 4.33. The fraction of sp³-hybridized carbons (Fsp3) is 0.588. The number of benzene rings is 2. The topological polar surface area (TPSA) is 71.1 Å². The number of carbonyl (C=O) groups excluding carboxylic acids is 2. The lowest BCUT2D eigenvalue weighted by atomic mass is 9.78. The van der Waals surface area contributed by atoms with Gasteiger partial charge in [-0.05, 0) is 55.2 Å². The normalized spacial score (nSPS) is 23.2. The summed E-state index contributed by atoms with van der Waals surface area (Å²) in [4.78, 5) is 24.7. The molecular formula is C34H46O6. The van der Waals surface area contributed by atoms with Crippen molar-refractivity contribution in [2.75, 3.05) is 13.2 Å². The number of esters is 2. The van der Waals surface area contributed by atoms with E-state index < -0.39 is 30.4 Å². The van der Waals surface area contributed by atoms with Crippen molar-refractivity contribution in [2.45, 2.75) is 103 Å². The molecule has 6 nitrogen and oxygen atoms in total. The first kappa shape index (κ1) is 30.3. The minimum Gasteiger partial charge on any atom is -0.464 e. The van der Waals surface area contributed by atoms with Crippen LogP contribution < -0.4 is 0 Å². The van der Waals surface area contributed by atoms with Crippen molar-refractivity contribution in [3.05, 3.63) is 59.7 Å². The second-order valence-corrected chi connectivity index (χ2v) is 11.2. The minimum atomic E-state index is -1.16. The third-order valence-electron chi connectivity index (χ3n) is 8.31. The molecular weight excluding hydrogens is 504 g/mol. The van der Waals surface area contributed by atoms with E-state index in [-0.39, 0.29) is 13.2 Å². The summed E-state index contributed by atoms with van der Waals surface area (Å²) in [6.45, 7) is 6.09. The molecule has 40 heavy (non-hydrogen) atoms. The Balaban J connectivity index is 1.26. The average Bonchev–Trinajstić information content (AvgIpc) is 3.43. The number of ether oxygens (including phenoxy) is 4. The van der Waals surface area contributed by atoms with E-state index in [4.69, 9.17) is 18.9 Å². The van der Waals surface area contributed by atoms with Gasteiger partial charge in [-0.2, -0.15) is 0 Å². The van der Waals surface area contributed by atoms with E-state index in [1.807, 2.05) is 24.3 Å². The molecule has 2 atom stereocenters. The van der Waals surface area contributed by atoms with E-state index in [1.54, 1.807) is 13.8 Å². The van der Waals surface area contributed by atoms with Gasteiger partial charge in [-0.25, -0.2) is 9.59 Å². The molecule has 4 rings (SSSR count). The quantitative estimate of drug-likeness (QED) is 0.189. The third-order valence-corrected chi connectivity index (χ3v) is 8.31. The molecule has 6 heteroatoms. The van der Waals surface area contributed by atoms with Gasteiger partial charge in [0.2, 0.25) is 0 Å². The van der Waals surface area contributed by atoms with Crippen LogP contribution in [-0.4, -0.2) is 37.4 Å². The van der Waals surface area contributed by atoms with Crippen LogP contribution in [0, 0.1) is 11.8 Å². The number of unbranched alkanes of at least 4 members (excludes halogenated alkanes) is 1. The second-order valence-electron chi connectivity index (χ2n) is 11.2. The molecule has 0 bridgehead atoms. The molecule has 1 saturated heterocycles. The number of hydrogen-bond acceptors (Lipinski definition) is 6. The molecule has 0 aromatic heterocycles. The SMILES string of the molecule is CCC[C@H]1CC[C@H](CCCCc2ccc(-c3ccc(C4O[C@@H](C(=O)OCC)[C@H](C(=O)OCC)O4)cc3)cc2)CC1. The van der Waals surface area contributed by atoms with E-state index in [0.29, 0.717) is 0 Å². The standard InChI is InChI=1S/C34H46O6/c1-4-9-24-12-14-25(15-13-24)10-7-8-11-26-16-18-27(19-17-26)28-20-22-29(23-21-28)34-39-30(32(35)37-5-2)31(40-34)33(36)38-6-3/h16-25,30-31,34H,4-15H2,1-3H3/t24-,25-,30-,31-/m1/s1. The van der Waals surface area contributed by atoms with Gasteiger partial charge in [0.1, 0.15) is 0 Å². The molecule has 0 unspecified atom stereocenters. The molecule has 1 aliphatic heterocycles. The van der Waals surface area contributed by atoms with Gasteiger partial charge in [0.05, 0.1) is 13.2 Å². The van der Waals surface area contributed by atoms with Gasteiger partial charge in [-0.15, -0.1) is 0 Å². The lowest BCUT2D eigenvalue weighted by molar-refractivity contribution is -0.163. The first-order valence-electron chi connectivity index (χ1n) is 15.4. The fourth-order valence-electron chi connectivity index (χ4n) is 6.08. The third kappa shape index (κ3) is 8.17. The van der Waals surface area contributed by atoms with Gasteiger partial charge < -0.3 is 18.9 Å². The van der Waals surface area contributed by atoms with Crippen LogP contribution in [-0.2, 0) is 35.0 Å². The van der Waals surface area contributed by atoms with Crippen molar-refractivity contribution in [2.24, 2.45) is 11.8 Å². The molecule has 0 amide bonds. The number of hydrogen-bond donors (Lipinski definition) is 0. The summed E-state index contributed by atoms with van der Waals surface area (Å²) >= 11 is 0. The molecule has 2 aromatic rings. The average molecular weight is 551 g/mol. The van der Waals surface area contributed by atoms with Gasteiger partial charge in [0.15, 0.2) is 18.5 Å². The number of rotatable bonds is 13. The predicted octanol–water partition coefficient (Wildman–Crippen LogP) is 7.58. The van der Waals surface area contributed by atoms with Crippen molar-refractivity contribution >= 4 is 11.9 Å². The summed E-state index contributed by atoms with van der Waals surface area (Å²) < 4.78 is 21.8. The maximum atomic E-state index is 12.4. The lowest BCUT2D eigenvalue weighted by Crippen LogP contribution is -2.39. The monoisotopic (exact) mass is 550 g/mol. The van der Waals surface area contributed by atoms with Crippen LogP contribution in [0.2, 0.25) is 0 Å². The highest BCUT2D eigenvalue weighted by molar-refractivity contribution is 5.86. The first-order valence-corrected chi connectivity index (χ1v) is 15.4. The molecule has 1 saturated carbocycles. The van der Waals surface area contributed by atoms with Crippen molar-refractivity contribution in [1.82, 2.24) is 0 Å². The first-order chi connectivity index (χ1) is 19.5. The van der Waals surface area contributed by atoms with Gasteiger partial charge in [0.25, 0.3) is 0 Å². The molecule has 218 valence electrons. The van der Waals surface area contributed by atoms with E-state index in [9.17, 15) is 9.59 Å². The van der Waals surface area contributed by atoms with E-state index in [1.165, 1.54) is 63.4 Å². The maximum absolute atomic E-state index is 12.4. The highest BCUT2D eigenvalue weighted by Crippen LogP contribution is 2.35. The Morgan fingerprint density at radius 3 is 1.70 bits per heavy atom. The van der Waals surface area contributed by atoms with Gasteiger partial charge in [-0.3, -0.25) is 0 Å². The highest BCUT2D eigenvalue weighted by atomic mass is 16.8. The van der Waals surface area contributed by atoms with E-state index in [2.05, 4.69) is 31.2 Å². The molecule has 0 radical (unpaired) electrons. The maximum Gasteiger partial charge on any atom is 0.338 e. The summed E-state index contributed by atoms with van der Waals surface area (Å²) in [6.07, 6.45) is 10.5. The van der Waals surface area contributed by atoms with Crippen LogP contribution >= 0.6 is 0 Å². The number of carbonyl (C=O) groups is 2. The molecule has 2 fully saturated rings. The Kier molecular flexibility index (Phi) is 11.6. The van der Waals surface area contributed by atoms with Crippen molar-refractivity contribution < 1.29 is 28.5 Å². The Bertz CT molecular complexity index is 1030. The zero-order valence-corrected chi connectivity index (χ0v) is 24.4. The fourth-order valence-corrected chi connectivity index (χ4v) is 6.08. The van der Waals surface area contributed by atoms with Crippen molar-refractivity contribution in [1.29, 1.82) is 0 Å². The smallest absolute Gasteiger partial charge is 0.338 e. The molecule has 0 spiro atoms. The zero-order chi connectivity index (χ0) is 28.3. The molecule has 0 N–H and O–H groups in total. The van der Waals surface area contributed by atoms with Crippen LogP contribution in [0.3, 0.4) is 0 Å². The van der Waals surface area contributed by atoms with Gasteiger partial charge in [0, 0.05) is 5.56 Å². The van der Waals surface area contributed by atoms with E-state index >= 15 is 0 Å². The van der Waals surface area contributed by atoms with Crippen LogP contribution in [0.1, 0.15) is 96.0 Å². The summed E-state index contributed by atoms with van der Waals surface area (Å²) in [5, 5.41) is 0. The second kappa shape index (κ2) is 15.3. The van der Waals surface area contributed by atoms with Crippen LogP contribution in [0.25, 0.3) is 11.1 Å². The van der Waals surface area contributed by atoms with Crippen LogP contribution in [0.4, 0.5) is 0 Å². The summed E-state index contributed by atoms with van der Waals surface area (Å²) in [5.74, 6) is 0.682. The lowest BCUT2D eigenvalue weighted by Gasteiger charge is -2.28. The molecule has 2 aliphatic rings. The Hall–Kier alpha value is -2.70. The van der Waals surface area contributed by atoms with Crippen LogP contribution in [0.15, 0.2) is 48.5 Å². The number of aryl methyl sites for hydroxylation is 1. The molecule has 1 heterocycles. The Labute approximate surface area is 239 Å². The van der Waals surface area contributed by atoms with E-state index in [0.717, 1.165) is 34.9 Å². The molecule has 2 aromatic carbocycles. The van der Waals surface area contributed by atoms with Crippen molar-refractivity contribution in [3.63, 3.8) is 0 Å².